The molecular formula is C30H39N7O6. The Bertz CT molecular complexity index is 1650. The number of ether oxygens (including phenoxy) is 1. The smallest absolute Gasteiger partial charge is 0.347 e. The number of hydrogen-bond donors (Lipinski definition) is 3. The maximum atomic E-state index is 13.8. The van der Waals surface area contributed by atoms with Crippen LogP contribution in [0.15, 0.2) is 34.0 Å². The number of nitrogens with one attached hydrogen (secondary N) is 3. The lowest BCUT2D eigenvalue weighted by Gasteiger charge is -2.37. The lowest BCUT2D eigenvalue weighted by Crippen LogP contribution is -2.59. The van der Waals surface area contributed by atoms with Crippen molar-refractivity contribution in [3.8, 4) is 5.75 Å². The molecule has 3 aromatic heterocycles. The molecule has 0 radical (unpaired) electrons. The van der Waals surface area contributed by atoms with Gasteiger partial charge in [0.25, 0.3) is 11.8 Å². The second-order valence-corrected chi connectivity index (χ2v) is 11.5. The van der Waals surface area contributed by atoms with Gasteiger partial charge in [-0.1, -0.05) is 32.6 Å². The van der Waals surface area contributed by atoms with E-state index in [1.807, 2.05) is 20.8 Å². The number of aromatic nitrogens is 4. The molecule has 1 fully saturated rings. The number of aromatic amines is 1. The number of unbranched alkanes of at least 4 members (excludes halogenated alkanes) is 1. The molecule has 0 bridgehead atoms. The van der Waals surface area contributed by atoms with Crippen LogP contribution in [0.25, 0.3) is 5.65 Å². The first kappa shape index (κ1) is 30.1. The Morgan fingerprint density at radius 2 is 1.91 bits per heavy atom. The third kappa shape index (κ3) is 5.80. The molecule has 0 saturated heterocycles. The largest absolute Gasteiger partial charge is 0.487 e. The molecule has 43 heavy (non-hydrogen) atoms. The highest BCUT2D eigenvalue weighted by Gasteiger charge is 2.41. The highest BCUT2D eigenvalue weighted by Crippen LogP contribution is 2.30. The van der Waals surface area contributed by atoms with Crippen molar-refractivity contribution < 1.29 is 19.1 Å². The van der Waals surface area contributed by atoms with E-state index in [0.29, 0.717) is 38.2 Å². The fourth-order valence-electron chi connectivity index (χ4n) is 5.99. The number of rotatable bonds is 10. The molecule has 3 aromatic rings. The Labute approximate surface area is 248 Å². The Balaban J connectivity index is 1.41. The van der Waals surface area contributed by atoms with E-state index in [-0.39, 0.29) is 47.1 Å². The number of pyridine rings is 2. The molecule has 0 spiro atoms. The molecule has 13 heteroatoms. The van der Waals surface area contributed by atoms with Gasteiger partial charge in [-0.25, -0.2) is 14.3 Å². The van der Waals surface area contributed by atoms with Crippen LogP contribution in [0.4, 0.5) is 0 Å². The van der Waals surface area contributed by atoms with E-state index < -0.39 is 22.6 Å². The number of amides is 3. The van der Waals surface area contributed by atoms with Crippen LogP contribution in [0.2, 0.25) is 0 Å². The summed E-state index contributed by atoms with van der Waals surface area (Å²) < 4.78 is 8.85. The number of carbonyl (C=O) groups excluding carboxylic acids is 3. The molecule has 4 heterocycles. The van der Waals surface area contributed by atoms with Crippen LogP contribution in [-0.4, -0.2) is 66.5 Å². The first-order chi connectivity index (χ1) is 20.7. The van der Waals surface area contributed by atoms with Crippen molar-refractivity contribution in [3.63, 3.8) is 0 Å². The standard InChI is InChI=1S/C30H39N7O6/c1-4-5-16-43-24-22(38)17-20(36-15-14-35(19(2)3)27(40)23(24)36)18-31-28(41)30(11-7-6-8-12-30)32-26(39)21-10-9-13-37-25(21)33-34-29(37)42/h9-10,13,17,19H,4-8,11-12,14-16,18H2,1-3H3,(H,31,41)(H,32,39)(H,34,42). The fraction of sp³-hybridized carbons (Fsp3) is 0.533. The van der Waals surface area contributed by atoms with Crippen molar-refractivity contribution >= 4 is 23.4 Å². The molecule has 3 amide bonds. The van der Waals surface area contributed by atoms with E-state index in [1.54, 1.807) is 21.6 Å². The number of H-pyrrole nitrogens is 1. The van der Waals surface area contributed by atoms with Crippen molar-refractivity contribution in [3.05, 3.63) is 62.1 Å². The van der Waals surface area contributed by atoms with Crippen LogP contribution < -0.4 is 26.5 Å². The van der Waals surface area contributed by atoms with Crippen LogP contribution >= 0.6 is 0 Å². The third-order valence-electron chi connectivity index (χ3n) is 8.36. The van der Waals surface area contributed by atoms with Crippen molar-refractivity contribution in [2.45, 2.75) is 90.4 Å². The molecule has 1 aliphatic carbocycles. The Hall–Kier alpha value is -4.42. The Morgan fingerprint density at radius 3 is 2.63 bits per heavy atom. The monoisotopic (exact) mass is 593 g/mol. The number of hydrogen-bond acceptors (Lipinski definition) is 7. The van der Waals surface area contributed by atoms with Crippen LogP contribution in [-0.2, 0) is 17.9 Å². The molecule has 1 aliphatic heterocycles. The second kappa shape index (κ2) is 12.4. The average molecular weight is 594 g/mol. The van der Waals surface area contributed by atoms with Crippen molar-refractivity contribution in [1.29, 1.82) is 0 Å². The van der Waals surface area contributed by atoms with Gasteiger partial charge in [-0.15, -0.1) is 0 Å². The molecule has 0 atom stereocenters. The van der Waals surface area contributed by atoms with Crippen LogP contribution in [0.3, 0.4) is 0 Å². The number of carbonyl (C=O) groups is 3. The molecule has 2 aliphatic rings. The summed E-state index contributed by atoms with van der Waals surface area (Å²) in [5, 5.41) is 12.2. The van der Waals surface area contributed by atoms with Crippen molar-refractivity contribution in [2.24, 2.45) is 0 Å². The van der Waals surface area contributed by atoms with E-state index in [4.69, 9.17) is 4.74 Å². The average Bonchev–Trinajstić information content (AvgIpc) is 3.38. The van der Waals surface area contributed by atoms with E-state index >= 15 is 0 Å². The van der Waals surface area contributed by atoms with E-state index in [9.17, 15) is 24.0 Å². The summed E-state index contributed by atoms with van der Waals surface area (Å²) in [5.41, 5.74) is -1.02. The van der Waals surface area contributed by atoms with Gasteiger partial charge in [-0.05, 0) is 45.2 Å². The minimum absolute atomic E-state index is 0.00671. The van der Waals surface area contributed by atoms with Crippen molar-refractivity contribution in [1.82, 2.24) is 34.7 Å². The second-order valence-electron chi connectivity index (χ2n) is 11.5. The lowest BCUT2D eigenvalue weighted by atomic mass is 9.80. The maximum absolute atomic E-state index is 13.8. The van der Waals surface area contributed by atoms with Crippen LogP contribution in [0.1, 0.15) is 92.3 Å². The molecular weight excluding hydrogens is 554 g/mol. The number of nitrogens with zero attached hydrogens (tertiary/aromatic N) is 4. The highest BCUT2D eigenvalue weighted by molar-refractivity contribution is 6.03. The first-order valence-electron chi connectivity index (χ1n) is 15.0. The van der Waals surface area contributed by atoms with Gasteiger partial charge in [0.1, 0.15) is 5.54 Å². The maximum Gasteiger partial charge on any atom is 0.347 e. The van der Waals surface area contributed by atoms with Crippen LogP contribution in [0, 0.1) is 0 Å². The first-order valence-corrected chi connectivity index (χ1v) is 15.0. The molecule has 230 valence electrons. The molecule has 3 N–H and O–H groups in total. The zero-order chi connectivity index (χ0) is 30.7. The minimum atomic E-state index is -1.18. The summed E-state index contributed by atoms with van der Waals surface area (Å²) in [6, 6.07) is 4.50. The number of fused-ring (bicyclic) bond motifs is 2. The SMILES string of the molecule is CCCCOc1c2n(c(CNC(=O)C3(NC(=O)c4cccn5c(=O)[nH]nc45)CCCCC3)cc1=O)CCN(C(C)C)C2=O. The van der Waals surface area contributed by atoms with E-state index in [1.165, 1.54) is 16.7 Å². The third-order valence-corrected chi connectivity index (χ3v) is 8.36. The summed E-state index contributed by atoms with van der Waals surface area (Å²) in [6.45, 7) is 7.10. The minimum Gasteiger partial charge on any atom is -0.487 e. The topological polar surface area (TPSA) is 160 Å². The predicted molar refractivity (Wildman–Crippen MR) is 158 cm³/mol. The van der Waals surface area contributed by atoms with Gasteiger partial charge in [0, 0.05) is 37.1 Å². The highest BCUT2D eigenvalue weighted by atomic mass is 16.5. The molecule has 0 unspecified atom stereocenters. The Morgan fingerprint density at radius 1 is 1.14 bits per heavy atom. The van der Waals surface area contributed by atoms with E-state index in [0.717, 1.165) is 32.1 Å². The van der Waals surface area contributed by atoms with Gasteiger partial charge < -0.3 is 24.8 Å². The molecule has 5 rings (SSSR count). The quantitative estimate of drug-likeness (QED) is 0.303. The molecule has 0 aromatic carbocycles. The van der Waals surface area contributed by atoms with Crippen LogP contribution in [0.5, 0.6) is 5.75 Å². The summed E-state index contributed by atoms with van der Waals surface area (Å²) in [6.07, 6.45) is 6.44. The summed E-state index contributed by atoms with van der Waals surface area (Å²) in [4.78, 5) is 67.8. The van der Waals surface area contributed by atoms with E-state index in [2.05, 4.69) is 20.8 Å². The fourth-order valence-corrected chi connectivity index (χ4v) is 5.99. The summed E-state index contributed by atoms with van der Waals surface area (Å²) in [5.74, 6) is -1.12. The van der Waals surface area contributed by atoms with Gasteiger partial charge in [-0.3, -0.25) is 19.2 Å². The van der Waals surface area contributed by atoms with Gasteiger partial charge in [0.05, 0.1) is 18.7 Å². The molecule has 13 nitrogen and oxygen atoms in total. The molecule has 1 saturated carbocycles. The normalized spacial score (nSPS) is 16.3. The zero-order valence-corrected chi connectivity index (χ0v) is 24.9. The van der Waals surface area contributed by atoms with Gasteiger partial charge in [0.15, 0.2) is 17.1 Å². The van der Waals surface area contributed by atoms with Gasteiger partial charge in [-0.2, -0.15) is 5.10 Å². The Kier molecular flexibility index (Phi) is 8.69. The zero-order valence-electron chi connectivity index (χ0n) is 24.9. The summed E-state index contributed by atoms with van der Waals surface area (Å²) in [7, 11) is 0. The predicted octanol–water partition coefficient (Wildman–Crippen LogP) is 1.98. The van der Waals surface area contributed by atoms with Crippen molar-refractivity contribution in [2.75, 3.05) is 13.2 Å². The van der Waals surface area contributed by atoms with Gasteiger partial charge >= 0.3 is 5.69 Å². The lowest BCUT2D eigenvalue weighted by molar-refractivity contribution is -0.128. The van der Waals surface area contributed by atoms with Gasteiger partial charge in [0.2, 0.25) is 11.3 Å². The summed E-state index contributed by atoms with van der Waals surface area (Å²) >= 11 is 0.